The van der Waals surface area contributed by atoms with E-state index < -0.39 is 6.10 Å². The van der Waals surface area contributed by atoms with Crippen molar-refractivity contribution in [3.63, 3.8) is 0 Å². The molecule has 0 aliphatic heterocycles. The number of imidazole rings is 1. The van der Waals surface area contributed by atoms with Gasteiger partial charge in [-0.3, -0.25) is 0 Å². The van der Waals surface area contributed by atoms with Gasteiger partial charge in [-0.25, -0.2) is 9.37 Å². The minimum absolute atomic E-state index is 0.348. The van der Waals surface area contributed by atoms with E-state index >= 15 is 0 Å². The van der Waals surface area contributed by atoms with Gasteiger partial charge in [-0.15, -0.1) is 0 Å². The second-order valence-electron chi connectivity index (χ2n) is 3.97. The number of halogens is 1. The third-order valence-electron chi connectivity index (χ3n) is 2.87. The molecule has 1 N–H and O–H groups in total. The third-order valence-corrected chi connectivity index (χ3v) is 2.87. The molecule has 0 aliphatic carbocycles. The highest BCUT2D eigenvalue weighted by atomic mass is 19.1. The van der Waals surface area contributed by atoms with E-state index in [4.69, 9.17) is 0 Å². The summed E-state index contributed by atoms with van der Waals surface area (Å²) in [6.07, 6.45) is 2.55. The Balaban J connectivity index is 2.43. The summed E-state index contributed by atoms with van der Waals surface area (Å²) in [4.78, 5) is 4.12. The van der Waals surface area contributed by atoms with Gasteiger partial charge in [0.1, 0.15) is 17.7 Å². The van der Waals surface area contributed by atoms with Crippen LogP contribution in [0.15, 0.2) is 30.6 Å². The summed E-state index contributed by atoms with van der Waals surface area (Å²) in [5.41, 5.74) is 1.41. The maximum Gasteiger partial charge on any atom is 0.142 e. The smallest absolute Gasteiger partial charge is 0.142 e. The fourth-order valence-corrected chi connectivity index (χ4v) is 1.88. The maximum atomic E-state index is 13.2. The Bertz CT molecular complexity index is 522. The van der Waals surface area contributed by atoms with Crippen molar-refractivity contribution >= 4 is 0 Å². The standard InChI is InChI=1S/C13H15FN2O/c1-3-16-7-6-15-13(16)12(17)11-8-10(14)5-4-9(11)2/h4-8,12,17H,3H2,1-2H3. The van der Waals surface area contributed by atoms with Gasteiger partial charge in [-0.1, -0.05) is 6.07 Å². The summed E-state index contributed by atoms with van der Waals surface area (Å²) < 4.78 is 15.0. The molecule has 1 aromatic carbocycles. The van der Waals surface area contributed by atoms with Crippen LogP contribution in [0.4, 0.5) is 4.39 Å². The van der Waals surface area contributed by atoms with E-state index in [9.17, 15) is 9.50 Å². The molecule has 0 saturated carbocycles. The zero-order chi connectivity index (χ0) is 12.4. The number of aliphatic hydroxyl groups excluding tert-OH is 1. The molecular weight excluding hydrogens is 219 g/mol. The van der Waals surface area contributed by atoms with E-state index in [0.717, 1.165) is 12.1 Å². The molecule has 0 radical (unpaired) electrons. The van der Waals surface area contributed by atoms with Gasteiger partial charge in [0.05, 0.1) is 0 Å². The summed E-state index contributed by atoms with van der Waals surface area (Å²) in [6.45, 7) is 4.54. The average Bonchev–Trinajstić information content (AvgIpc) is 2.79. The Labute approximate surface area is 99.5 Å². The van der Waals surface area contributed by atoms with Gasteiger partial charge in [0.2, 0.25) is 0 Å². The van der Waals surface area contributed by atoms with Gasteiger partial charge in [-0.2, -0.15) is 0 Å². The van der Waals surface area contributed by atoms with Crippen molar-refractivity contribution in [1.29, 1.82) is 0 Å². The number of rotatable bonds is 3. The molecule has 1 aromatic heterocycles. The van der Waals surface area contributed by atoms with Gasteiger partial charge in [0.15, 0.2) is 0 Å². The maximum absolute atomic E-state index is 13.2. The number of aliphatic hydroxyl groups is 1. The number of nitrogens with zero attached hydrogens (tertiary/aromatic N) is 2. The number of aryl methyl sites for hydroxylation is 2. The van der Waals surface area contributed by atoms with E-state index in [1.807, 2.05) is 18.4 Å². The normalized spacial score (nSPS) is 12.7. The molecule has 90 valence electrons. The van der Waals surface area contributed by atoms with Gasteiger partial charge in [0.25, 0.3) is 0 Å². The topological polar surface area (TPSA) is 38.0 Å². The number of benzene rings is 1. The van der Waals surface area contributed by atoms with Crippen LogP contribution in [0.25, 0.3) is 0 Å². The molecule has 3 nitrogen and oxygen atoms in total. The third kappa shape index (κ3) is 2.22. The number of hydrogen-bond donors (Lipinski definition) is 1. The largest absolute Gasteiger partial charge is 0.380 e. The molecule has 1 atom stereocenters. The predicted molar refractivity (Wildman–Crippen MR) is 63.1 cm³/mol. The van der Waals surface area contributed by atoms with Crippen LogP contribution in [0.3, 0.4) is 0 Å². The van der Waals surface area contributed by atoms with E-state index in [1.54, 1.807) is 18.5 Å². The van der Waals surface area contributed by atoms with E-state index in [0.29, 0.717) is 11.4 Å². The molecular formula is C13H15FN2O. The molecule has 2 aromatic rings. The van der Waals surface area contributed by atoms with Crippen molar-refractivity contribution < 1.29 is 9.50 Å². The van der Waals surface area contributed by atoms with E-state index in [-0.39, 0.29) is 5.82 Å². The van der Waals surface area contributed by atoms with Gasteiger partial charge in [-0.05, 0) is 37.1 Å². The van der Waals surface area contributed by atoms with Crippen LogP contribution < -0.4 is 0 Å². The van der Waals surface area contributed by atoms with Crippen molar-refractivity contribution in [3.8, 4) is 0 Å². The fraction of sp³-hybridized carbons (Fsp3) is 0.308. The number of hydrogen-bond acceptors (Lipinski definition) is 2. The van der Waals surface area contributed by atoms with Crippen LogP contribution in [0.2, 0.25) is 0 Å². The lowest BCUT2D eigenvalue weighted by molar-refractivity contribution is 0.203. The molecule has 0 fully saturated rings. The summed E-state index contributed by atoms with van der Waals surface area (Å²) >= 11 is 0. The minimum atomic E-state index is -0.888. The van der Waals surface area contributed by atoms with Crippen LogP contribution in [0.1, 0.15) is 30.0 Å². The fourth-order valence-electron chi connectivity index (χ4n) is 1.88. The Hall–Kier alpha value is -1.68. The highest BCUT2D eigenvalue weighted by molar-refractivity contribution is 5.32. The van der Waals surface area contributed by atoms with Gasteiger partial charge >= 0.3 is 0 Å². The van der Waals surface area contributed by atoms with Crippen molar-refractivity contribution in [2.45, 2.75) is 26.5 Å². The monoisotopic (exact) mass is 234 g/mol. The molecule has 17 heavy (non-hydrogen) atoms. The zero-order valence-corrected chi connectivity index (χ0v) is 9.89. The first-order valence-corrected chi connectivity index (χ1v) is 5.58. The molecule has 1 unspecified atom stereocenters. The van der Waals surface area contributed by atoms with Gasteiger partial charge in [0, 0.05) is 18.9 Å². The van der Waals surface area contributed by atoms with Crippen LogP contribution in [-0.2, 0) is 6.54 Å². The molecule has 0 saturated heterocycles. The summed E-state index contributed by atoms with van der Waals surface area (Å²) in [5, 5.41) is 10.2. The Morgan fingerprint density at radius 2 is 2.24 bits per heavy atom. The molecule has 1 heterocycles. The first-order chi connectivity index (χ1) is 8.13. The second-order valence-corrected chi connectivity index (χ2v) is 3.97. The first-order valence-electron chi connectivity index (χ1n) is 5.58. The SMILES string of the molecule is CCn1ccnc1C(O)c1cc(F)ccc1C. The second kappa shape index (κ2) is 4.67. The lowest BCUT2D eigenvalue weighted by Gasteiger charge is -2.14. The Morgan fingerprint density at radius 3 is 2.94 bits per heavy atom. The summed E-state index contributed by atoms with van der Waals surface area (Å²) in [7, 11) is 0. The van der Waals surface area contributed by atoms with Crippen LogP contribution in [-0.4, -0.2) is 14.7 Å². The highest BCUT2D eigenvalue weighted by Gasteiger charge is 2.18. The highest BCUT2D eigenvalue weighted by Crippen LogP contribution is 2.24. The lowest BCUT2D eigenvalue weighted by atomic mass is 10.0. The van der Waals surface area contributed by atoms with E-state index in [2.05, 4.69) is 4.98 Å². The zero-order valence-electron chi connectivity index (χ0n) is 9.89. The molecule has 0 bridgehead atoms. The molecule has 0 amide bonds. The number of aromatic nitrogens is 2. The molecule has 0 spiro atoms. The minimum Gasteiger partial charge on any atom is -0.380 e. The van der Waals surface area contributed by atoms with Crippen LogP contribution in [0, 0.1) is 12.7 Å². The molecule has 4 heteroatoms. The lowest BCUT2D eigenvalue weighted by Crippen LogP contribution is -2.10. The van der Waals surface area contributed by atoms with Crippen LogP contribution in [0.5, 0.6) is 0 Å². The first kappa shape index (κ1) is 11.8. The van der Waals surface area contributed by atoms with E-state index in [1.165, 1.54) is 12.1 Å². The van der Waals surface area contributed by atoms with Crippen LogP contribution >= 0.6 is 0 Å². The van der Waals surface area contributed by atoms with Crippen molar-refractivity contribution in [3.05, 3.63) is 53.4 Å². The van der Waals surface area contributed by atoms with Gasteiger partial charge < -0.3 is 9.67 Å². The quantitative estimate of drug-likeness (QED) is 0.885. The summed E-state index contributed by atoms with van der Waals surface area (Å²) in [6, 6.07) is 4.40. The predicted octanol–water partition coefficient (Wildman–Crippen LogP) is 2.43. The molecule has 2 rings (SSSR count). The summed E-state index contributed by atoms with van der Waals surface area (Å²) in [5.74, 6) is 0.195. The van der Waals surface area contributed by atoms with Crippen molar-refractivity contribution in [2.24, 2.45) is 0 Å². The molecule has 0 aliphatic rings. The average molecular weight is 234 g/mol. The van der Waals surface area contributed by atoms with Crippen molar-refractivity contribution in [1.82, 2.24) is 9.55 Å². The Morgan fingerprint density at radius 1 is 1.47 bits per heavy atom. The Kier molecular flexibility index (Phi) is 3.24. The van der Waals surface area contributed by atoms with Crippen molar-refractivity contribution in [2.75, 3.05) is 0 Å².